The summed E-state index contributed by atoms with van der Waals surface area (Å²) < 4.78 is 0. The quantitative estimate of drug-likeness (QED) is 0.806. The van der Waals surface area contributed by atoms with Crippen molar-refractivity contribution in [1.82, 2.24) is 4.90 Å². The Bertz CT molecular complexity index is 639. The fourth-order valence-corrected chi connectivity index (χ4v) is 3.79. The van der Waals surface area contributed by atoms with Gasteiger partial charge < -0.3 is 4.90 Å². The summed E-state index contributed by atoms with van der Waals surface area (Å²) >= 11 is 1.86. The molecule has 1 aromatic heterocycles. The molecule has 1 aliphatic heterocycles. The smallest absolute Gasteiger partial charge is 0.159 e. The van der Waals surface area contributed by atoms with Crippen LogP contribution in [0.1, 0.15) is 27.7 Å². The highest BCUT2D eigenvalue weighted by Crippen LogP contribution is 2.21. The molecule has 0 spiro atoms. The van der Waals surface area contributed by atoms with Gasteiger partial charge in [0.25, 0.3) is 0 Å². The second kappa shape index (κ2) is 6.63. The molecule has 0 atom stereocenters. The number of benzene rings is 1. The van der Waals surface area contributed by atoms with Crippen LogP contribution >= 0.6 is 11.3 Å². The van der Waals surface area contributed by atoms with Gasteiger partial charge in [0.1, 0.15) is 0 Å². The van der Waals surface area contributed by atoms with Crippen molar-refractivity contribution in [2.45, 2.75) is 20.4 Å². The summed E-state index contributed by atoms with van der Waals surface area (Å²) in [6.07, 6.45) is 0. The number of anilines is 1. The van der Waals surface area contributed by atoms with Crippen molar-refractivity contribution in [1.29, 1.82) is 0 Å². The zero-order valence-corrected chi connectivity index (χ0v) is 14.0. The Kier molecular flexibility index (Phi) is 4.60. The molecule has 3 rings (SSSR count). The van der Waals surface area contributed by atoms with E-state index in [1.165, 1.54) is 16.1 Å². The molecule has 22 heavy (non-hydrogen) atoms. The minimum absolute atomic E-state index is 0.127. The standard InChI is InChI=1S/C18H22N2OS/c1-14-7-12-22-18(14)13-19-8-10-20(11-9-19)17-5-3-16(4-6-17)15(2)21/h3-7,12H,8-11,13H2,1-2H3. The monoisotopic (exact) mass is 314 g/mol. The van der Waals surface area contributed by atoms with Crippen LogP contribution in [-0.2, 0) is 6.54 Å². The Balaban J connectivity index is 1.57. The zero-order valence-electron chi connectivity index (χ0n) is 13.2. The molecule has 116 valence electrons. The number of carbonyl (C=O) groups excluding carboxylic acids is 1. The Hall–Kier alpha value is -1.65. The van der Waals surface area contributed by atoms with Gasteiger partial charge in [-0.1, -0.05) is 0 Å². The van der Waals surface area contributed by atoms with Crippen molar-refractivity contribution in [3.63, 3.8) is 0 Å². The van der Waals surface area contributed by atoms with Crippen LogP contribution < -0.4 is 4.90 Å². The fraction of sp³-hybridized carbons (Fsp3) is 0.389. The second-order valence-corrected chi connectivity index (χ2v) is 6.89. The molecule has 1 aliphatic rings. The van der Waals surface area contributed by atoms with Crippen molar-refractivity contribution in [2.24, 2.45) is 0 Å². The van der Waals surface area contributed by atoms with Crippen molar-refractivity contribution in [3.8, 4) is 0 Å². The van der Waals surface area contributed by atoms with Crippen molar-refractivity contribution >= 4 is 22.8 Å². The van der Waals surface area contributed by atoms with E-state index in [9.17, 15) is 4.79 Å². The molecule has 4 heteroatoms. The van der Waals surface area contributed by atoms with E-state index < -0.39 is 0 Å². The van der Waals surface area contributed by atoms with E-state index in [0.29, 0.717) is 0 Å². The van der Waals surface area contributed by atoms with Crippen LogP contribution in [0.5, 0.6) is 0 Å². The van der Waals surface area contributed by atoms with Crippen molar-refractivity contribution in [3.05, 3.63) is 51.7 Å². The molecule has 0 aliphatic carbocycles. The number of Topliss-reactive ketones (excluding diaryl/α,β-unsaturated/α-hetero) is 1. The average molecular weight is 314 g/mol. The van der Waals surface area contributed by atoms with Gasteiger partial charge in [-0.3, -0.25) is 9.69 Å². The van der Waals surface area contributed by atoms with Gasteiger partial charge >= 0.3 is 0 Å². The molecule has 2 aromatic rings. The third-order valence-electron chi connectivity index (χ3n) is 4.35. The fourth-order valence-electron chi connectivity index (χ4n) is 2.84. The lowest BCUT2D eigenvalue weighted by atomic mass is 10.1. The summed E-state index contributed by atoms with van der Waals surface area (Å²) in [5.74, 6) is 0.127. The number of rotatable bonds is 4. The summed E-state index contributed by atoms with van der Waals surface area (Å²) in [5.41, 5.74) is 3.42. The number of thiophene rings is 1. The van der Waals surface area contributed by atoms with Crippen LogP contribution in [0.3, 0.4) is 0 Å². The maximum Gasteiger partial charge on any atom is 0.159 e. The SMILES string of the molecule is CC(=O)c1ccc(N2CCN(Cc3sccc3C)CC2)cc1. The summed E-state index contributed by atoms with van der Waals surface area (Å²) in [5, 5.41) is 2.18. The van der Waals surface area contributed by atoms with E-state index in [4.69, 9.17) is 0 Å². The van der Waals surface area contributed by atoms with Gasteiger partial charge in [0, 0.05) is 48.9 Å². The lowest BCUT2D eigenvalue weighted by Crippen LogP contribution is -2.45. The first-order valence-corrected chi connectivity index (χ1v) is 8.63. The van der Waals surface area contributed by atoms with Crippen LogP contribution in [0.4, 0.5) is 5.69 Å². The summed E-state index contributed by atoms with van der Waals surface area (Å²) in [6.45, 7) is 9.14. The van der Waals surface area contributed by atoms with Gasteiger partial charge in [0.15, 0.2) is 5.78 Å². The molecule has 3 nitrogen and oxygen atoms in total. The third-order valence-corrected chi connectivity index (χ3v) is 5.35. The number of ketones is 1. The van der Waals surface area contributed by atoms with Gasteiger partial charge in [0.05, 0.1) is 0 Å². The van der Waals surface area contributed by atoms with E-state index in [-0.39, 0.29) is 5.78 Å². The van der Waals surface area contributed by atoms with E-state index in [1.807, 2.05) is 23.5 Å². The van der Waals surface area contributed by atoms with Gasteiger partial charge in [0.2, 0.25) is 0 Å². The Morgan fingerprint density at radius 3 is 2.32 bits per heavy atom. The van der Waals surface area contributed by atoms with Crippen molar-refractivity contribution in [2.75, 3.05) is 31.1 Å². The average Bonchev–Trinajstić information content (AvgIpc) is 2.93. The number of piperazine rings is 1. The first-order valence-electron chi connectivity index (χ1n) is 7.75. The molecule has 1 fully saturated rings. The van der Waals surface area contributed by atoms with Crippen LogP contribution in [0.2, 0.25) is 0 Å². The van der Waals surface area contributed by atoms with E-state index in [1.54, 1.807) is 6.92 Å². The maximum absolute atomic E-state index is 11.3. The van der Waals surface area contributed by atoms with Crippen LogP contribution in [0.25, 0.3) is 0 Å². The molecule has 0 saturated carbocycles. The van der Waals surface area contributed by atoms with Gasteiger partial charge in [-0.25, -0.2) is 0 Å². The molecule has 1 saturated heterocycles. The molecule has 2 heterocycles. The molecule has 0 unspecified atom stereocenters. The van der Waals surface area contributed by atoms with Crippen molar-refractivity contribution < 1.29 is 4.79 Å². The molecule has 0 amide bonds. The van der Waals surface area contributed by atoms with Gasteiger partial charge in [-0.05, 0) is 55.1 Å². The number of nitrogens with zero attached hydrogens (tertiary/aromatic N) is 2. The number of aryl methyl sites for hydroxylation is 1. The predicted molar refractivity (Wildman–Crippen MR) is 93.0 cm³/mol. The Labute approximate surface area is 136 Å². The van der Waals surface area contributed by atoms with Crippen LogP contribution in [-0.4, -0.2) is 36.9 Å². The first-order chi connectivity index (χ1) is 10.6. The van der Waals surface area contributed by atoms with Gasteiger partial charge in [-0.15, -0.1) is 11.3 Å². The minimum Gasteiger partial charge on any atom is -0.369 e. The third kappa shape index (κ3) is 3.39. The highest BCUT2D eigenvalue weighted by atomic mass is 32.1. The largest absolute Gasteiger partial charge is 0.369 e. The Morgan fingerprint density at radius 2 is 1.77 bits per heavy atom. The zero-order chi connectivity index (χ0) is 15.5. The lowest BCUT2D eigenvalue weighted by molar-refractivity contribution is 0.101. The highest BCUT2D eigenvalue weighted by Gasteiger charge is 2.18. The summed E-state index contributed by atoms with van der Waals surface area (Å²) in [6, 6.07) is 10.2. The molecule has 0 radical (unpaired) electrons. The molecular weight excluding hydrogens is 292 g/mol. The molecular formula is C18H22N2OS. The van der Waals surface area contributed by atoms with E-state index in [0.717, 1.165) is 38.3 Å². The number of hydrogen-bond acceptors (Lipinski definition) is 4. The second-order valence-electron chi connectivity index (χ2n) is 5.89. The van der Waals surface area contributed by atoms with Gasteiger partial charge in [-0.2, -0.15) is 0 Å². The normalized spacial score (nSPS) is 16.0. The maximum atomic E-state index is 11.3. The minimum atomic E-state index is 0.127. The van der Waals surface area contributed by atoms with E-state index >= 15 is 0 Å². The van der Waals surface area contributed by atoms with Crippen LogP contribution in [0.15, 0.2) is 35.7 Å². The molecule has 0 N–H and O–H groups in total. The van der Waals surface area contributed by atoms with E-state index in [2.05, 4.69) is 40.3 Å². The predicted octanol–water partition coefficient (Wildman–Crippen LogP) is 3.58. The Morgan fingerprint density at radius 1 is 1.09 bits per heavy atom. The lowest BCUT2D eigenvalue weighted by Gasteiger charge is -2.36. The summed E-state index contributed by atoms with van der Waals surface area (Å²) in [7, 11) is 0. The number of carbonyl (C=O) groups is 1. The molecule has 1 aromatic carbocycles. The first kappa shape index (κ1) is 15.3. The summed E-state index contributed by atoms with van der Waals surface area (Å²) in [4.78, 5) is 17.8. The highest BCUT2D eigenvalue weighted by molar-refractivity contribution is 7.10. The topological polar surface area (TPSA) is 23.6 Å². The van der Waals surface area contributed by atoms with Crippen LogP contribution in [0, 0.1) is 6.92 Å². The number of hydrogen-bond donors (Lipinski definition) is 0. The molecule has 0 bridgehead atoms.